The van der Waals surface area contributed by atoms with E-state index in [-0.39, 0.29) is 11.8 Å². The van der Waals surface area contributed by atoms with Crippen LogP contribution >= 0.6 is 0 Å². The van der Waals surface area contributed by atoms with Crippen LogP contribution in [0.25, 0.3) is 0 Å². The van der Waals surface area contributed by atoms with E-state index < -0.39 is 5.60 Å². The van der Waals surface area contributed by atoms with Crippen LogP contribution in [0.15, 0.2) is 12.4 Å². The first-order valence-electron chi connectivity index (χ1n) is 6.53. The maximum absolute atomic E-state index is 11.9. The van der Waals surface area contributed by atoms with E-state index in [1.807, 2.05) is 20.8 Å². The number of aromatic nitrogens is 2. The predicted molar refractivity (Wildman–Crippen MR) is 69.8 cm³/mol. The van der Waals surface area contributed by atoms with Gasteiger partial charge in [-0.1, -0.05) is 0 Å². The summed E-state index contributed by atoms with van der Waals surface area (Å²) < 4.78 is 7.06. The molecule has 1 aromatic rings. The minimum absolute atomic E-state index is 0.169. The maximum Gasteiger partial charge on any atom is 0.410 e. The molecular formula is C13H21N3O3. The minimum atomic E-state index is -0.455. The summed E-state index contributed by atoms with van der Waals surface area (Å²) in [6.45, 7) is 7.70. The zero-order valence-electron chi connectivity index (χ0n) is 11.7. The van der Waals surface area contributed by atoms with Gasteiger partial charge in [-0.05, 0) is 33.1 Å². The molecule has 2 heterocycles. The number of hydrogen-bond acceptors (Lipinski definition) is 4. The summed E-state index contributed by atoms with van der Waals surface area (Å²) >= 11 is 0. The standard InChI is InChI=1S/C13H21N3O3/c1-13(2,3)19-12(18)15-5-4-10(7-15)8-16-9-11(17)6-14-16/h6,9-10,17H,4-5,7-8H2,1-3H3. The van der Waals surface area contributed by atoms with Crippen molar-refractivity contribution in [3.8, 4) is 5.75 Å². The lowest BCUT2D eigenvalue weighted by Crippen LogP contribution is -2.35. The first-order valence-corrected chi connectivity index (χ1v) is 6.53. The Labute approximate surface area is 113 Å². The number of nitrogens with zero attached hydrogens (tertiary/aromatic N) is 3. The Morgan fingerprint density at radius 2 is 2.32 bits per heavy atom. The monoisotopic (exact) mass is 267 g/mol. The van der Waals surface area contributed by atoms with Gasteiger partial charge in [0.25, 0.3) is 0 Å². The smallest absolute Gasteiger partial charge is 0.410 e. The Balaban J connectivity index is 1.84. The molecule has 1 amide bonds. The van der Waals surface area contributed by atoms with Crippen molar-refractivity contribution in [2.75, 3.05) is 13.1 Å². The fourth-order valence-electron chi connectivity index (χ4n) is 2.19. The molecule has 1 N–H and O–H groups in total. The number of rotatable bonds is 2. The van der Waals surface area contributed by atoms with Gasteiger partial charge in [0.2, 0.25) is 0 Å². The topological polar surface area (TPSA) is 67.6 Å². The molecule has 1 aromatic heterocycles. The molecular weight excluding hydrogens is 246 g/mol. The summed E-state index contributed by atoms with van der Waals surface area (Å²) in [5.74, 6) is 0.522. The van der Waals surface area contributed by atoms with E-state index in [9.17, 15) is 9.90 Å². The molecule has 0 radical (unpaired) electrons. The van der Waals surface area contributed by atoms with E-state index >= 15 is 0 Å². The Morgan fingerprint density at radius 1 is 1.58 bits per heavy atom. The number of aromatic hydroxyl groups is 1. The summed E-state index contributed by atoms with van der Waals surface area (Å²) in [7, 11) is 0. The highest BCUT2D eigenvalue weighted by Crippen LogP contribution is 2.21. The van der Waals surface area contributed by atoms with E-state index in [4.69, 9.17) is 4.74 Å². The van der Waals surface area contributed by atoms with Gasteiger partial charge in [0.05, 0.1) is 12.4 Å². The Morgan fingerprint density at radius 3 is 2.89 bits per heavy atom. The van der Waals surface area contributed by atoms with Gasteiger partial charge in [-0.2, -0.15) is 5.10 Å². The second-order valence-electron chi connectivity index (χ2n) is 6.00. The van der Waals surface area contributed by atoms with E-state index in [2.05, 4.69) is 5.10 Å². The van der Waals surface area contributed by atoms with Crippen molar-refractivity contribution in [3.05, 3.63) is 12.4 Å². The van der Waals surface area contributed by atoms with Crippen molar-refractivity contribution in [2.45, 2.75) is 39.3 Å². The van der Waals surface area contributed by atoms with E-state index in [0.717, 1.165) is 6.42 Å². The minimum Gasteiger partial charge on any atom is -0.505 e. The highest BCUT2D eigenvalue weighted by molar-refractivity contribution is 5.68. The van der Waals surface area contributed by atoms with Gasteiger partial charge in [0, 0.05) is 19.6 Å². The number of ether oxygens (including phenoxy) is 1. The van der Waals surface area contributed by atoms with Gasteiger partial charge in [-0.25, -0.2) is 4.79 Å². The van der Waals surface area contributed by atoms with Gasteiger partial charge in [0.15, 0.2) is 5.75 Å². The van der Waals surface area contributed by atoms with Crippen LogP contribution in [0.2, 0.25) is 0 Å². The van der Waals surface area contributed by atoms with Gasteiger partial charge in [-0.15, -0.1) is 0 Å². The zero-order valence-corrected chi connectivity index (χ0v) is 11.7. The Kier molecular flexibility index (Phi) is 3.68. The average Bonchev–Trinajstić information content (AvgIpc) is 2.86. The fraction of sp³-hybridized carbons (Fsp3) is 0.692. The summed E-state index contributed by atoms with van der Waals surface area (Å²) in [5.41, 5.74) is -0.455. The highest BCUT2D eigenvalue weighted by atomic mass is 16.6. The van der Waals surface area contributed by atoms with Crippen LogP contribution in [0.5, 0.6) is 5.75 Å². The SMILES string of the molecule is CC(C)(C)OC(=O)N1CCC(Cn2cc(O)cn2)C1. The van der Waals surface area contributed by atoms with Crippen LogP contribution in [-0.2, 0) is 11.3 Å². The summed E-state index contributed by atoms with van der Waals surface area (Å²) in [6.07, 6.45) is 3.69. The van der Waals surface area contributed by atoms with Gasteiger partial charge < -0.3 is 14.7 Å². The third-order valence-electron chi connectivity index (χ3n) is 3.00. The summed E-state index contributed by atoms with van der Waals surface area (Å²) in [6, 6.07) is 0. The Hall–Kier alpha value is -1.72. The molecule has 6 nitrogen and oxygen atoms in total. The van der Waals surface area contributed by atoms with Crippen LogP contribution in [0.4, 0.5) is 4.79 Å². The molecule has 0 bridgehead atoms. The number of amides is 1. The highest BCUT2D eigenvalue weighted by Gasteiger charge is 2.29. The molecule has 19 heavy (non-hydrogen) atoms. The quantitative estimate of drug-likeness (QED) is 0.888. The van der Waals surface area contributed by atoms with Crippen LogP contribution in [0.1, 0.15) is 27.2 Å². The second-order valence-corrected chi connectivity index (χ2v) is 6.00. The lowest BCUT2D eigenvalue weighted by Gasteiger charge is -2.24. The van der Waals surface area contributed by atoms with Crippen molar-refractivity contribution < 1.29 is 14.6 Å². The largest absolute Gasteiger partial charge is 0.505 e. The van der Waals surface area contributed by atoms with E-state index in [1.165, 1.54) is 6.20 Å². The molecule has 1 atom stereocenters. The van der Waals surface area contributed by atoms with Gasteiger partial charge in [0.1, 0.15) is 5.60 Å². The lowest BCUT2D eigenvalue weighted by molar-refractivity contribution is 0.0286. The first kappa shape index (κ1) is 13.7. The van der Waals surface area contributed by atoms with Crippen molar-refractivity contribution in [2.24, 2.45) is 5.92 Å². The van der Waals surface area contributed by atoms with Crippen molar-refractivity contribution in [3.63, 3.8) is 0 Å². The normalized spacial score (nSPS) is 19.7. The Bertz CT molecular complexity index is 450. The molecule has 1 aliphatic rings. The number of likely N-dealkylation sites (tertiary alicyclic amines) is 1. The third-order valence-corrected chi connectivity index (χ3v) is 3.00. The maximum atomic E-state index is 11.9. The second kappa shape index (κ2) is 5.11. The van der Waals surface area contributed by atoms with E-state index in [1.54, 1.807) is 15.8 Å². The average molecular weight is 267 g/mol. The molecule has 1 saturated heterocycles. The summed E-state index contributed by atoms with van der Waals surface area (Å²) in [5, 5.41) is 13.3. The van der Waals surface area contributed by atoms with Gasteiger partial charge >= 0.3 is 6.09 Å². The van der Waals surface area contributed by atoms with E-state index in [0.29, 0.717) is 25.6 Å². The molecule has 0 aromatic carbocycles. The number of carbonyl (C=O) groups is 1. The van der Waals surface area contributed by atoms with Crippen LogP contribution in [-0.4, -0.2) is 44.6 Å². The van der Waals surface area contributed by atoms with Gasteiger partial charge in [-0.3, -0.25) is 4.68 Å². The molecule has 6 heteroatoms. The number of carbonyl (C=O) groups excluding carboxylic acids is 1. The van der Waals surface area contributed by atoms with Crippen LogP contribution in [0, 0.1) is 5.92 Å². The molecule has 0 saturated carbocycles. The molecule has 1 unspecified atom stereocenters. The van der Waals surface area contributed by atoms with Crippen LogP contribution < -0.4 is 0 Å². The summed E-state index contributed by atoms with van der Waals surface area (Å²) in [4.78, 5) is 13.6. The molecule has 0 spiro atoms. The first-order chi connectivity index (χ1) is 8.83. The van der Waals surface area contributed by atoms with Crippen molar-refractivity contribution in [1.82, 2.24) is 14.7 Å². The zero-order chi connectivity index (χ0) is 14.0. The van der Waals surface area contributed by atoms with Crippen molar-refractivity contribution >= 4 is 6.09 Å². The molecule has 1 fully saturated rings. The third kappa shape index (κ3) is 3.87. The van der Waals surface area contributed by atoms with Crippen molar-refractivity contribution in [1.29, 1.82) is 0 Å². The molecule has 2 rings (SSSR count). The lowest BCUT2D eigenvalue weighted by atomic mass is 10.1. The molecule has 1 aliphatic heterocycles. The number of hydrogen-bond donors (Lipinski definition) is 1. The fourth-order valence-corrected chi connectivity index (χ4v) is 2.19. The molecule has 106 valence electrons. The predicted octanol–water partition coefficient (Wildman–Crippen LogP) is 1.85. The van der Waals surface area contributed by atoms with Crippen LogP contribution in [0.3, 0.4) is 0 Å². The molecule has 0 aliphatic carbocycles.